The average molecular weight is 319 g/mol. The highest BCUT2D eigenvalue weighted by molar-refractivity contribution is 8.00. The molecule has 114 valence electrons. The molecule has 0 aliphatic rings. The minimum absolute atomic E-state index is 0.174. The highest BCUT2D eigenvalue weighted by atomic mass is 32.2. The van der Waals surface area contributed by atoms with Gasteiger partial charge >= 0.3 is 0 Å². The van der Waals surface area contributed by atoms with Crippen LogP contribution in [0.4, 0.5) is 0 Å². The molecule has 1 atom stereocenters. The first-order chi connectivity index (χ1) is 11.2. The third-order valence-corrected chi connectivity index (χ3v) is 4.81. The van der Waals surface area contributed by atoms with E-state index in [4.69, 9.17) is 0 Å². The van der Waals surface area contributed by atoms with Crippen molar-refractivity contribution >= 4 is 22.8 Å². The molecule has 0 bridgehead atoms. The Morgan fingerprint density at radius 2 is 1.65 bits per heavy atom. The summed E-state index contributed by atoms with van der Waals surface area (Å²) in [5.74, 6) is 0. The number of rotatable bonds is 4. The quantitative estimate of drug-likeness (QED) is 0.666. The van der Waals surface area contributed by atoms with Crippen LogP contribution in [-0.2, 0) is 6.42 Å². The number of para-hydroxylation sites is 2. The highest BCUT2D eigenvalue weighted by Gasteiger charge is 2.14. The van der Waals surface area contributed by atoms with Crippen molar-refractivity contribution in [3.63, 3.8) is 0 Å². The van der Waals surface area contributed by atoms with Gasteiger partial charge in [-0.05, 0) is 38.0 Å². The third kappa shape index (κ3) is 3.69. The highest BCUT2D eigenvalue weighted by Crippen LogP contribution is 2.27. The fourth-order valence-corrected chi connectivity index (χ4v) is 3.34. The molecule has 0 saturated carbocycles. The zero-order valence-corrected chi connectivity index (χ0v) is 14.0. The van der Waals surface area contributed by atoms with Gasteiger partial charge in [0.2, 0.25) is 0 Å². The Labute approximate surface area is 140 Å². The summed E-state index contributed by atoms with van der Waals surface area (Å²) < 4.78 is 0. The topological polar surface area (TPSA) is 49.6 Å². The standard InChI is InChI=1S/C19H17N3S/c1-13-7-9-15(10-8-13)11-16(12-20)23-19-14(2)21-17-5-3-4-6-18(17)22-19/h3-10,16H,11H2,1-2H3/t16-/m1/s1. The van der Waals surface area contributed by atoms with E-state index in [-0.39, 0.29) is 5.25 Å². The Morgan fingerprint density at radius 1 is 1.00 bits per heavy atom. The summed E-state index contributed by atoms with van der Waals surface area (Å²) in [5.41, 5.74) is 5.03. The molecule has 1 aromatic heterocycles. The van der Waals surface area contributed by atoms with Crippen LogP contribution in [0.3, 0.4) is 0 Å². The van der Waals surface area contributed by atoms with Crippen LogP contribution in [0.2, 0.25) is 0 Å². The number of aryl methyl sites for hydroxylation is 2. The lowest BCUT2D eigenvalue weighted by Crippen LogP contribution is -2.06. The van der Waals surface area contributed by atoms with Crippen LogP contribution in [0.1, 0.15) is 16.8 Å². The van der Waals surface area contributed by atoms with Crippen LogP contribution in [0, 0.1) is 25.2 Å². The Hall–Kier alpha value is -2.38. The summed E-state index contributed by atoms with van der Waals surface area (Å²) in [4.78, 5) is 9.26. The molecule has 0 fully saturated rings. The summed E-state index contributed by atoms with van der Waals surface area (Å²) >= 11 is 1.49. The van der Waals surface area contributed by atoms with Gasteiger partial charge in [-0.2, -0.15) is 5.26 Å². The molecule has 3 aromatic rings. The number of benzene rings is 2. The zero-order chi connectivity index (χ0) is 16.2. The van der Waals surface area contributed by atoms with Crippen LogP contribution in [-0.4, -0.2) is 15.2 Å². The number of nitriles is 1. The van der Waals surface area contributed by atoms with Gasteiger partial charge in [0, 0.05) is 0 Å². The molecule has 0 aliphatic heterocycles. The van der Waals surface area contributed by atoms with E-state index in [2.05, 4.69) is 47.2 Å². The minimum Gasteiger partial charge on any atom is -0.249 e. The Kier molecular flexibility index (Phi) is 4.59. The first-order valence-electron chi connectivity index (χ1n) is 7.51. The van der Waals surface area contributed by atoms with Crippen LogP contribution in [0.5, 0.6) is 0 Å². The number of aromatic nitrogens is 2. The molecular formula is C19H17N3S. The van der Waals surface area contributed by atoms with Gasteiger partial charge in [-0.3, -0.25) is 0 Å². The van der Waals surface area contributed by atoms with Gasteiger partial charge in [-0.25, -0.2) is 9.97 Å². The summed E-state index contributed by atoms with van der Waals surface area (Å²) in [7, 11) is 0. The molecule has 3 rings (SSSR count). The smallest absolute Gasteiger partial charge is 0.119 e. The molecule has 0 amide bonds. The molecule has 3 nitrogen and oxygen atoms in total. The van der Waals surface area contributed by atoms with E-state index in [0.717, 1.165) is 21.8 Å². The van der Waals surface area contributed by atoms with Crippen molar-refractivity contribution in [2.45, 2.75) is 30.5 Å². The number of fused-ring (bicyclic) bond motifs is 1. The van der Waals surface area contributed by atoms with Crippen molar-refractivity contribution in [2.75, 3.05) is 0 Å². The van der Waals surface area contributed by atoms with Crippen molar-refractivity contribution in [2.24, 2.45) is 0 Å². The van der Waals surface area contributed by atoms with Gasteiger partial charge in [0.1, 0.15) is 10.3 Å². The summed E-state index contributed by atoms with van der Waals surface area (Å²) in [6, 6.07) is 18.5. The molecule has 23 heavy (non-hydrogen) atoms. The number of nitrogens with zero attached hydrogens (tertiary/aromatic N) is 3. The lowest BCUT2D eigenvalue weighted by Gasteiger charge is -2.11. The van der Waals surface area contributed by atoms with E-state index >= 15 is 0 Å². The molecule has 2 aromatic carbocycles. The van der Waals surface area contributed by atoms with Crippen molar-refractivity contribution in [3.8, 4) is 6.07 Å². The summed E-state index contributed by atoms with van der Waals surface area (Å²) in [6.07, 6.45) is 0.704. The molecule has 0 spiro atoms. The lowest BCUT2D eigenvalue weighted by molar-refractivity contribution is 0.994. The molecule has 0 saturated heterocycles. The number of hydrogen-bond donors (Lipinski definition) is 0. The Bertz CT molecular complexity index is 866. The summed E-state index contributed by atoms with van der Waals surface area (Å²) in [5, 5.41) is 10.1. The van der Waals surface area contributed by atoms with Crippen molar-refractivity contribution < 1.29 is 0 Å². The van der Waals surface area contributed by atoms with E-state index in [9.17, 15) is 5.26 Å². The van der Waals surface area contributed by atoms with Gasteiger partial charge in [-0.15, -0.1) is 0 Å². The monoisotopic (exact) mass is 319 g/mol. The maximum Gasteiger partial charge on any atom is 0.119 e. The van der Waals surface area contributed by atoms with Crippen LogP contribution < -0.4 is 0 Å². The maximum absolute atomic E-state index is 9.49. The fraction of sp³-hybridized carbons (Fsp3) is 0.211. The zero-order valence-electron chi connectivity index (χ0n) is 13.2. The second kappa shape index (κ2) is 6.80. The van der Waals surface area contributed by atoms with E-state index in [1.165, 1.54) is 22.9 Å². The van der Waals surface area contributed by atoms with E-state index in [1.807, 2.05) is 31.2 Å². The van der Waals surface area contributed by atoms with Crippen LogP contribution in [0.25, 0.3) is 11.0 Å². The van der Waals surface area contributed by atoms with E-state index in [0.29, 0.717) is 6.42 Å². The fourth-order valence-electron chi connectivity index (χ4n) is 2.37. The van der Waals surface area contributed by atoms with Gasteiger partial charge in [0.05, 0.1) is 22.8 Å². The SMILES string of the molecule is Cc1ccc(C[C@H](C#N)Sc2nc3ccccc3nc2C)cc1. The summed E-state index contributed by atoms with van der Waals surface area (Å²) in [6.45, 7) is 4.01. The molecule has 0 aliphatic carbocycles. The molecule has 0 unspecified atom stereocenters. The molecule has 1 heterocycles. The number of hydrogen-bond acceptors (Lipinski definition) is 4. The second-order valence-electron chi connectivity index (χ2n) is 5.53. The van der Waals surface area contributed by atoms with Gasteiger partial charge in [-0.1, -0.05) is 53.7 Å². The van der Waals surface area contributed by atoms with Gasteiger partial charge < -0.3 is 0 Å². The third-order valence-electron chi connectivity index (χ3n) is 3.64. The lowest BCUT2D eigenvalue weighted by atomic mass is 10.1. The van der Waals surface area contributed by atoms with Crippen molar-refractivity contribution in [3.05, 3.63) is 65.4 Å². The predicted octanol–water partition coefficient (Wildman–Crippen LogP) is 4.47. The maximum atomic E-state index is 9.49. The molecule has 0 N–H and O–H groups in total. The molecule has 0 radical (unpaired) electrons. The van der Waals surface area contributed by atoms with E-state index < -0.39 is 0 Å². The van der Waals surface area contributed by atoms with Crippen molar-refractivity contribution in [1.29, 1.82) is 5.26 Å². The normalized spacial score (nSPS) is 12.0. The minimum atomic E-state index is -0.174. The first-order valence-corrected chi connectivity index (χ1v) is 8.39. The van der Waals surface area contributed by atoms with E-state index in [1.54, 1.807) is 0 Å². The average Bonchev–Trinajstić information content (AvgIpc) is 2.56. The largest absolute Gasteiger partial charge is 0.249 e. The van der Waals surface area contributed by atoms with Crippen LogP contribution >= 0.6 is 11.8 Å². The van der Waals surface area contributed by atoms with Crippen LogP contribution in [0.15, 0.2) is 53.6 Å². The van der Waals surface area contributed by atoms with Gasteiger partial charge in [0.25, 0.3) is 0 Å². The first kappa shape index (κ1) is 15.5. The Morgan fingerprint density at radius 3 is 2.30 bits per heavy atom. The van der Waals surface area contributed by atoms with Gasteiger partial charge in [0.15, 0.2) is 0 Å². The Balaban J connectivity index is 1.82. The molecule has 4 heteroatoms. The van der Waals surface area contributed by atoms with Crippen molar-refractivity contribution in [1.82, 2.24) is 9.97 Å². The second-order valence-corrected chi connectivity index (χ2v) is 6.72. The number of thioether (sulfide) groups is 1. The molecular weight excluding hydrogens is 302 g/mol. The predicted molar refractivity (Wildman–Crippen MR) is 94.4 cm³/mol.